The summed E-state index contributed by atoms with van der Waals surface area (Å²) in [6, 6.07) is 0. The van der Waals surface area contributed by atoms with E-state index in [1.807, 2.05) is 0 Å². The molecule has 1 atom stereocenters. The molecule has 1 N–H and O–H groups in total. The number of hydrogen-bond acceptors (Lipinski definition) is 3. The highest BCUT2D eigenvalue weighted by Crippen LogP contribution is 2.09. The molecule has 90 valence electrons. The van der Waals surface area contributed by atoms with Crippen molar-refractivity contribution in [3.8, 4) is 0 Å². The molecular weight excluding hydrogens is 188 g/mol. The average Bonchev–Trinajstić information content (AvgIpc) is 2.27. The first-order valence-corrected chi connectivity index (χ1v) is 6.16. The van der Waals surface area contributed by atoms with Crippen LogP contribution in [0.4, 0.5) is 0 Å². The molecule has 0 aromatic rings. The van der Waals surface area contributed by atoms with Gasteiger partial charge in [0.05, 0.1) is 12.7 Å². The molecule has 0 spiro atoms. The molecule has 0 aromatic carbocycles. The molecule has 0 radical (unpaired) electrons. The normalized spacial score (nSPS) is 24.4. The molecule has 15 heavy (non-hydrogen) atoms. The maximum Gasteiger partial charge on any atom is 0.0826 e. The van der Waals surface area contributed by atoms with Gasteiger partial charge in [-0.05, 0) is 26.8 Å². The van der Waals surface area contributed by atoms with E-state index in [1.54, 1.807) is 0 Å². The van der Waals surface area contributed by atoms with Gasteiger partial charge in [-0.3, -0.25) is 4.90 Å². The predicted octanol–water partition coefficient (Wildman–Crippen LogP) is 1.49. The SMILES string of the molecule is CCN1CCOC(CNC(C)(C)CC)C1. The molecule has 1 aliphatic heterocycles. The summed E-state index contributed by atoms with van der Waals surface area (Å²) < 4.78 is 5.75. The van der Waals surface area contributed by atoms with Crippen molar-refractivity contribution in [2.24, 2.45) is 0 Å². The standard InChI is InChI=1S/C12H26N2O/c1-5-12(3,4)13-9-11-10-14(6-2)7-8-15-11/h11,13H,5-10H2,1-4H3. The number of hydrogen-bond donors (Lipinski definition) is 1. The Balaban J connectivity index is 2.26. The zero-order chi connectivity index (χ0) is 11.3. The van der Waals surface area contributed by atoms with E-state index in [4.69, 9.17) is 4.74 Å². The molecule has 3 heteroatoms. The lowest BCUT2D eigenvalue weighted by atomic mass is 10.0. The summed E-state index contributed by atoms with van der Waals surface area (Å²) in [6.07, 6.45) is 1.52. The lowest BCUT2D eigenvalue weighted by Gasteiger charge is -2.34. The van der Waals surface area contributed by atoms with E-state index in [1.165, 1.54) is 0 Å². The van der Waals surface area contributed by atoms with Crippen LogP contribution in [0, 0.1) is 0 Å². The fourth-order valence-electron chi connectivity index (χ4n) is 1.71. The van der Waals surface area contributed by atoms with E-state index in [2.05, 4.69) is 37.9 Å². The van der Waals surface area contributed by atoms with Crippen LogP contribution in [-0.2, 0) is 4.74 Å². The lowest BCUT2D eigenvalue weighted by Crippen LogP contribution is -2.50. The van der Waals surface area contributed by atoms with Crippen molar-refractivity contribution < 1.29 is 4.74 Å². The summed E-state index contributed by atoms with van der Waals surface area (Å²) in [4.78, 5) is 2.45. The monoisotopic (exact) mass is 214 g/mol. The quantitative estimate of drug-likeness (QED) is 0.750. The molecule has 0 bridgehead atoms. The second-order valence-corrected chi connectivity index (χ2v) is 5.00. The maximum absolute atomic E-state index is 5.75. The van der Waals surface area contributed by atoms with Gasteiger partial charge in [-0.15, -0.1) is 0 Å². The van der Waals surface area contributed by atoms with Crippen LogP contribution >= 0.6 is 0 Å². The fraction of sp³-hybridized carbons (Fsp3) is 1.00. The molecule has 1 rings (SSSR count). The van der Waals surface area contributed by atoms with E-state index in [0.717, 1.165) is 39.2 Å². The second kappa shape index (κ2) is 5.83. The molecule has 0 saturated carbocycles. The Morgan fingerprint density at radius 1 is 1.40 bits per heavy atom. The van der Waals surface area contributed by atoms with Crippen molar-refractivity contribution in [1.82, 2.24) is 10.2 Å². The Kier molecular flexibility index (Phi) is 5.03. The van der Waals surface area contributed by atoms with E-state index >= 15 is 0 Å². The summed E-state index contributed by atoms with van der Waals surface area (Å²) in [6.45, 7) is 14.1. The number of nitrogens with zero attached hydrogens (tertiary/aromatic N) is 1. The molecule has 1 aliphatic rings. The van der Waals surface area contributed by atoms with Gasteiger partial charge < -0.3 is 10.1 Å². The summed E-state index contributed by atoms with van der Waals surface area (Å²) in [7, 11) is 0. The van der Waals surface area contributed by atoms with Gasteiger partial charge in [0.25, 0.3) is 0 Å². The van der Waals surface area contributed by atoms with Gasteiger partial charge in [-0.1, -0.05) is 13.8 Å². The smallest absolute Gasteiger partial charge is 0.0826 e. The van der Waals surface area contributed by atoms with Crippen LogP contribution in [0.25, 0.3) is 0 Å². The van der Waals surface area contributed by atoms with E-state index in [0.29, 0.717) is 6.10 Å². The van der Waals surface area contributed by atoms with Crippen molar-refractivity contribution in [3.63, 3.8) is 0 Å². The number of nitrogens with one attached hydrogen (secondary N) is 1. The molecule has 0 amide bonds. The number of likely N-dealkylation sites (N-methyl/N-ethyl adjacent to an activating group) is 1. The molecular formula is C12H26N2O. The summed E-state index contributed by atoms with van der Waals surface area (Å²) in [5.41, 5.74) is 0.234. The minimum atomic E-state index is 0.234. The van der Waals surface area contributed by atoms with Crippen LogP contribution in [-0.4, -0.2) is 49.3 Å². The Labute approximate surface area is 94.2 Å². The minimum Gasteiger partial charge on any atom is -0.374 e. The van der Waals surface area contributed by atoms with Gasteiger partial charge >= 0.3 is 0 Å². The topological polar surface area (TPSA) is 24.5 Å². The van der Waals surface area contributed by atoms with E-state index in [9.17, 15) is 0 Å². The fourth-order valence-corrected chi connectivity index (χ4v) is 1.71. The Hall–Kier alpha value is -0.120. The van der Waals surface area contributed by atoms with Crippen molar-refractivity contribution in [2.75, 3.05) is 32.8 Å². The predicted molar refractivity (Wildman–Crippen MR) is 64.2 cm³/mol. The molecule has 1 unspecified atom stereocenters. The van der Waals surface area contributed by atoms with Gasteiger partial charge in [0.1, 0.15) is 0 Å². The second-order valence-electron chi connectivity index (χ2n) is 5.00. The lowest BCUT2D eigenvalue weighted by molar-refractivity contribution is -0.0280. The summed E-state index contributed by atoms with van der Waals surface area (Å²) >= 11 is 0. The molecule has 1 heterocycles. The van der Waals surface area contributed by atoms with Crippen LogP contribution < -0.4 is 5.32 Å². The first-order valence-electron chi connectivity index (χ1n) is 6.16. The van der Waals surface area contributed by atoms with Crippen molar-refractivity contribution in [2.45, 2.75) is 45.8 Å². The maximum atomic E-state index is 5.75. The number of morpholine rings is 1. The van der Waals surface area contributed by atoms with Gasteiger partial charge in [-0.2, -0.15) is 0 Å². The Bertz CT molecular complexity index is 182. The Morgan fingerprint density at radius 2 is 2.13 bits per heavy atom. The highest BCUT2D eigenvalue weighted by molar-refractivity contribution is 4.80. The molecule has 0 aliphatic carbocycles. The van der Waals surface area contributed by atoms with Crippen LogP contribution in [0.15, 0.2) is 0 Å². The van der Waals surface area contributed by atoms with Crippen LogP contribution in [0.2, 0.25) is 0 Å². The van der Waals surface area contributed by atoms with Gasteiger partial charge in [-0.25, -0.2) is 0 Å². The largest absolute Gasteiger partial charge is 0.374 e. The van der Waals surface area contributed by atoms with Crippen LogP contribution in [0.3, 0.4) is 0 Å². The third-order valence-electron chi connectivity index (χ3n) is 3.36. The summed E-state index contributed by atoms with van der Waals surface area (Å²) in [5, 5.41) is 3.57. The minimum absolute atomic E-state index is 0.234. The first-order chi connectivity index (χ1) is 7.07. The third-order valence-corrected chi connectivity index (χ3v) is 3.36. The van der Waals surface area contributed by atoms with Crippen LogP contribution in [0.5, 0.6) is 0 Å². The van der Waals surface area contributed by atoms with Gasteiger partial charge in [0.2, 0.25) is 0 Å². The number of ether oxygens (including phenoxy) is 1. The molecule has 0 aromatic heterocycles. The van der Waals surface area contributed by atoms with Crippen molar-refractivity contribution in [3.05, 3.63) is 0 Å². The first kappa shape index (κ1) is 12.9. The third kappa shape index (κ3) is 4.49. The van der Waals surface area contributed by atoms with Crippen molar-refractivity contribution in [1.29, 1.82) is 0 Å². The zero-order valence-electron chi connectivity index (χ0n) is 10.7. The van der Waals surface area contributed by atoms with Crippen LogP contribution in [0.1, 0.15) is 34.1 Å². The van der Waals surface area contributed by atoms with Gasteiger partial charge in [0, 0.05) is 25.2 Å². The zero-order valence-corrected chi connectivity index (χ0v) is 10.7. The van der Waals surface area contributed by atoms with E-state index in [-0.39, 0.29) is 5.54 Å². The number of rotatable bonds is 5. The molecule has 1 saturated heterocycles. The molecule has 3 nitrogen and oxygen atoms in total. The highest BCUT2D eigenvalue weighted by atomic mass is 16.5. The average molecular weight is 214 g/mol. The Morgan fingerprint density at radius 3 is 2.73 bits per heavy atom. The van der Waals surface area contributed by atoms with Crippen molar-refractivity contribution >= 4 is 0 Å². The molecule has 1 fully saturated rings. The summed E-state index contributed by atoms with van der Waals surface area (Å²) in [5.74, 6) is 0. The highest BCUT2D eigenvalue weighted by Gasteiger charge is 2.22. The van der Waals surface area contributed by atoms with E-state index < -0.39 is 0 Å². The van der Waals surface area contributed by atoms with Gasteiger partial charge in [0.15, 0.2) is 0 Å².